The van der Waals surface area contributed by atoms with Crippen LogP contribution in [0.15, 0.2) is 0 Å². The molecule has 0 aliphatic rings. The van der Waals surface area contributed by atoms with Gasteiger partial charge in [-0.15, -0.1) is 0 Å². The summed E-state index contributed by atoms with van der Waals surface area (Å²) in [5, 5.41) is 0. The first-order valence-electron chi connectivity index (χ1n) is 4.06. The van der Waals surface area contributed by atoms with Gasteiger partial charge < -0.3 is 4.55 Å². The van der Waals surface area contributed by atoms with Gasteiger partial charge >= 0.3 is 51.4 Å². The monoisotopic (exact) mass is 236 g/mol. The van der Waals surface area contributed by atoms with Gasteiger partial charge in [-0.05, 0) is 12.8 Å². The van der Waals surface area contributed by atoms with E-state index in [0.29, 0.717) is 19.3 Å². The molecule has 0 heterocycles. The first-order valence-corrected chi connectivity index (χ1v) is 5.63. The van der Waals surface area contributed by atoms with E-state index in [2.05, 4.69) is 0 Å². The Kier molecular flexibility index (Phi) is 13.0. The fourth-order valence-corrected chi connectivity index (χ4v) is 1.46. The molecule has 0 rings (SSSR count). The molecular formula is C7H14FKO3S. The summed E-state index contributed by atoms with van der Waals surface area (Å²) in [5.74, 6) is -0.289. The number of alkyl halides is 1. The summed E-state index contributed by atoms with van der Waals surface area (Å²) in [6.45, 7) is -0.320. The summed E-state index contributed by atoms with van der Waals surface area (Å²) in [7, 11) is -4.04. The van der Waals surface area contributed by atoms with Crippen molar-refractivity contribution < 1.29 is 68.7 Å². The first kappa shape index (κ1) is 16.9. The van der Waals surface area contributed by atoms with Crippen molar-refractivity contribution in [1.82, 2.24) is 0 Å². The van der Waals surface area contributed by atoms with Crippen LogP contribution in [0.1, 0.15) is 32.1 Å². The van der Waals surface area contributed by atoms with Crippen LogP contribution in [-0.2, 0) is 10.1 Å². The van der Waals surface area contributed by atoms with Gasteiger partial charge in [0.05, 0.1) is 16.8 Å². The second kappa shape index (κ2) is 10.0. The maximum atomic E-state index is 11.5. The average Bonchev–Trinajstić information content (AvgIpc) is 1.94. The standard InChI is InChI=1S/C7H15FO3S.K/c8-6-4-2-1-3-5-7-12(9,10)11;/h1-7H2,(H,9,10,11);/q;+1/p-1. The molecule has 74 valence electrons. The van der Waals surface area contributed by atoms with Crippen molar-refractivity contribution in [2.75, 3.05) is 12.4 Å². The Morgan fingerprint density at radius 1 is 1.00 bits per heavy atom. The van der Waals surface area contributed by atoms with Crippen molar-refractivity contribution >= 4 is 10.1 Å². The Morgan fingerprint density at radius 3 is 1.92 bits per heavy atom. The molecule has 3 nitrogen and oxygen atoms in total. The van der Waals surface area contributed by atoms with Gasteiger partial charge in [0.2, 0.25) is 0 Å². The van der Waals surface area contributed by atoms with E-state index in [-0.39, 0.29) is 63.8 Å². The summed E-state index contributed by atoms with van der Waals surface area (Å²) in [6.07, 6.45) is 3.21. The SMILES string of the molecule is O=S(=O)([O-])CCCCCCCF.[K+]. The minimum Gasteiger partial charge on any atom is -0.748 e. The molecule has 0 aliphatic carbocycles. The molecule has 0 N–H and O–H groups in total. The Balaban J connectivity index is 0. The quantitative estimate of drug-likeness (QED) is 0.306. The molecule has 0 aliphatic heterocycles. The number of unbranched alkanes of at least 4 members (excludes halogenated alkanes) is 4. The molecule has 6 heteroatoms. The Morgan fingerprint density at radius 2 is 1.46 bits per heavy atom. The third kappa shape index (κ3) is 16.2. The van der Waals surface area contributed by atoms with Crippen molar-refractivity contribution in [3.8, 4) is 0 Å². The van der Waals surface area contributed by atoms with Crippen molar-refractivity contribution in [1.29, 1.82) is 0 Å². The zero-order valence-electron chi connectivity index (χ0n) is 7.96. The number of halogens is 1. The van der Waals surface area contributed by atoms with E-state index < -0.39 is 10.1 Å². The topological polar surface area (TPSA) is 57.2 Å². The molecule has 0 aromatic rings. The molecule has 0 spiro atoms. The van der Waals surface area contributed by atoms with E-state index in [1.165, 1.54) is 0 Å². The fraction of sp³-hybridized carbons (Fsp3) is 1.00. The van der Waals surface area contributed by atoms with E-state index >= 15 is 0 Å². The largest absolute Gasteiger partial charge is 1.00 e. The second-order valence-corrected chi connectivity index (χ2v) is 4.24. The molecule has 0 atom stereocenters. The molecule has 0 fully saturated rings. The zero-order chi connectivity index (χ0) is 9.45. The maximum absolute atomic E-state index is 11.5. The summed E-state index contributed by atoms with van der Waals surface area (Å²) >= 11 is 0. The van der Waals surface area contributed by atoms with Crippen molar-refractivity contribution in [3.05, 3.63) is 0 Å². The van der Waals surface area contributed by atoms with Crippen LogP contribution < -0.4 is 51.4 Å². The van der Waals surface area contributed by atoms with Crippen LogP contribution in [0, 0.1) is 0 Å². The van der Waals surface area contributed by atoms with E-state index in [1.807, 2.05) is 0 Å². The minimum absolute atomic E-state index is 0. The predicted molar refractivity (Wildman–Crippen MR) is 43.6 cm³/mol. The van der Waals surface area contributed by atoms with Crippen molar-refractivity contribution in [3.63, 3.8) is 0 Å². The van der Waals surface area contributed by atoms with E-state index in [9.17, 15) is 17.4 Å². The summed E-state index contributed by atoms with van der Waals surface area (Å²) < 4.78 is 41.9. The summed E-state index contributed by atoms with van der Waals surface area (Å²) in [5.41, 5.74) is 0. The van der Waals surface area contributed by atoms with Crippen LogP contribution in [0.5, 0.6) is 0 Å². The Bertz CT molecular complexity index is 194. The third-order valence-electron chi connectivity index (χ3n) is 1.53. The molecule has 0 unspecified atom stereocenters. The number of hydrogen-bond acceptors (Lipinski definition) is 3. The molecule has 0 radical (unpaired) electrons. The molecule has 0 saturated carbocycles. The summed E-state index contributed by atoms with van der Waals surface area (Å²) in [6, 6.07) is 0. The van der Waals surface area contributed by atoms with Gasteiger partial charge in [0.25, 0.3) is 0 Å². The molecule has 13 heavy (non-hydrogen) atoms. The van der Waals surface area contributed by atoms with Gasteiger partial charge in [-0.25, -0.2) is 8.42 Å². The third-order valence-corrected chi connectivity index (χ3v) is 2.32. The number of hydrogen-bond donors (Lipinski definition) is 0. The van der Waals surface area contributed by atoms with Gasteiger partial charge in [-0.2, -0.15) is 0 Å². The Hall–Kier alpha value is 1.48. The normalized spacial score (nSPS) is 10.9. The second-order valence-electron chi connectivity index (χ2n) is 2.72. The molecule has 0 aromatic heterocycles. The molecule has 0 saturated heterocycles. The van der Waals surface area contributed by atoms with Gasteiger partial charge in [0.1, 0.15) is 0 Å². The van der Waals surface area contributed by atoms with Gasteiger partial charge in [0, 0.05) is 5.75 Å². The fourth-order valence-electron chi connectivity index (χ4n) is 0.904. The van der Waals surface area contributed by atoms with E-state index in [1.54, 1.807) is 0 Å². The van der Waals surface area contributed by atoms with Crippen LogP contribution >= 0.6 is 0 Å². The first-order chi connectivity index (χ1) is 5.56. The minimum atomic E-state index is -4.04. The smallest absolute Gasteiger partial charge is 0.748 e. The maximum Gasteiger partial charge on any atom is 1.00 e. The van der Waals surface area contributed by atoms with Crippen molar-refractivity contribution in [2.24, 2.45) is 0 Å². The van der Waals surface area contributed by atoms with Crippen LogP contribution in [0.4, 0.5) is 4.39 Å². The predicted octanol–water partition coefficient (Wildman–Crippen LogP) is -1.54. The molecule has 0 amide bonds. The average molecular weight is 236 g/mol. The van der Waals surface area contributed by atoms with Crippen LogP contribution in [0.2, 0.25) is 0 Å². The van der Waals surface area contributed by atoms with Crippen LogP contribution in [0.25, 0.3) is 0 Å². The van der Waals surface area contributed by atoms with Crippen molar-refractivity contribution in [2.45, 2.75) is 32.1 Å². The summed E-state index contributed by atoms with van der Waals surface area (Å²) in [4.78, 5) is 0. The van der Waals surface area contributed by atoms with Crippen LogP contribution in [-0.4, -0.2) is 25.4 Å². The Labute approximate surface area is 122 Å². The van der Waals surface area contributed by atoms with Crippen LogP contribution in [0.3, 0.4) is 0 Å². The van der Waals surface area contributed by atoms with Gasteiger partial charge in [-0.1, -0.05) is 19.3 Å². The van der Waals surface area contributed by atoms with E-state index in [0.717, 1.165) is 12.8 Å². The van der Waals surface area contributed by atoms with Gasteiger partial charge in [-0.3, -0.25) is 4.39 Å². The molecule has 0 bridgehead atoms. The number of rotatable bonds is 7. The molecule has 0 aromatic carbocycles. The zero-order valence-corrected chi connectivity index (χ0v) is 11.9. The van der Waals surface area contributed by atoms with E-state index in [4.69, 9.17) is 0 Å². The molecular weight excluding hydrogens is 222 g/mol. The van der Waals surface area contributed by atoms with Gasteiger partial charge in [0.15, 0.2) is 0 Å².